The van der Waals surface area contributed by atoms with Gasteiger partial charge in [-0.05, 0) is 32.1 Å². The van der Waals surface area contributed by atoms with Gasteiger partial charge in [0.15, 0.2) is 0 Å². The fourth-order valence-corrected chi connectivity index (χ4v) is 5.27. The van der Waals surface area contributed by atoms with E-state index in [0.29, 0.717) is 0 Å². The Morgan fingerprint density at radius 2 is 1.65 bits per heavy atom. The summed E-state index contributed by atoms with van der Waals surface area (Å²) in [5.41, 5.74) is -1.12. The first-order chi connectivity index (χ1) is 9.18. The molecule has 3 rings (SSSR count). The van der Waals surface area contributed by atoms with Gasteiger partial charge in [0.05, 0.1) is 10.9 Å². The molecule has 0 saturated heterocycles. The molecule has 20 heavy (non-hydrogen) atoms. The molecule has 0 unspecified atom stereocenters. The minimum Gasteiger partial charge on any atom is -0.389 e. The highest BCUT2D eigenvalue weighted by molar-refractivity contribution is 7.90. The van der Waals surface area contributed by atoms with Crippen molar-refractivity contribution >= 4 is 10.0 Å². The van der Waals surface area contributed by atoms with E-state index in [2.05, 4.69) is 4.72 Å². The monoisotopic (exact) mass is 309 g/mol. The predicted octanol–water partition coefficient (Wildman–Crippen LogP) is 1.79. The summed E-state index contributed by atoms with van der Waals surface area (Å²) in [4.78, 5) is 0. The van der Waals surface area contributed by atoms with Crippen LogP contribution in [0.4, 0.5) is 8.78 Å². The molecule has 0 spiro atoms. The molecule has 3 fully saturated rings. The summed E-state index contributed by atoms with van der Waals surface area (Å²) in [5, 5.41) is 9.53. The highest BCUT2D eigenvalue weighted by Crippen LogP contribution is 2.56. The first-order valence-corrected chi connectivity index (χ1v) is 8.82. The van der Waals surface area contributed by atoms with E-state index in [1.54, 1.807) is 0 Å². The van der Waals surface area contributed by atoms with Crippen LogP contribution in [0.1, 0.15) is 51.4 Å². The molecule has 3 aliphatic rings. The minimum absolute atomic E-state index is 0.188. The minimum atomic E-state index is -3.69. The molecule has 0 aromatic rings. The molecule has 3 saturated carbocycles. The molecule has 3 aliphatic carbocycles. The van der Waals surface area contributed by atoms with E-state index in [-0.39, 0.29) is 12.0 Å². The first kappa shape index (κ1) is 14.7. The number of alkyl halides is 2. The lowest BCUT2D eigenvalue weighted by Crippen LogP contribution is -2.62. The average Bonchev–Trinajstić information content (AvgIpc) is 2.21. The van der Waals surface area contributed by atoms with E-state index in [0.717, 1.165) is 38.5 Å². The number of nitrogens with one attached hydrogen (secondary N) is 1. The third-order valence-electron chi connectivity index (χ3n) is 5.58. The van der Waals surface area contributed by atoms with E-state index < -0.39 is 39.6 Å². The van der Waals surface area contributed by atoms with Gasteiger partial charge < -0.3 is 5.11 Å². The Morgan fingerprint density at radius 3 is 2.00 bits per heavy atom. The first-order valence-electron chi connectivity index (χ1n) is 7.27. The van der Waals surface area contributed by atoms with Crippen molar-refractivity contribution in [3.05, 3.63) is 0 Å². The normalized spacial score (nSPS) is 30.9. The van der Waals surface area contributed by atoms with Gasteiger partial charge >= 0.3 is 0 Å². The van der Waals surface area contributed by atoms with E-state index in [1.165, 1.54) is 0 Å². The van der Waals surface area contributed by atoms with Gasteiger partial charge in [-0.25, -0.2) is 21.9 Å². The summed E-state index contributed by atoms with van der Waals surface area (Å²) in [7, 11) is -3.69. The maximum absolute atomic E-state index is 12.8. The fraction of sp³-hybridized carbons (Fsp3) is 1.00. The average molecular weight is 309 g/mol. The van der Waals surface area contributed by atoms with Crippen molar-refractivity contribution in [1.29, 1.82) is 0 Å². The highest BCUT2D eigenvalue weighted by Gasteiger charge is 2.57. The molecule has 0 aliphatic heterocycles. The Labute approximate surface area is 118 Å². The van der Waals surface area contributed by atoms with Gasteiger partial charge in [-0.1, -0.05) is 6.42 Å². The number of rotatable bonds is 5. The van der Waals surface area contributed by atoms with Gasteiger partial charge in [-0.15, -0.1) is 0 Å². The van der Waals surface area contributed by atoms with E-state index >= 15 is 0 Å². The fourth-order valence-electron chi connectivity index (χ4n) is 3.63. The standard InChI is InChI=1S/C13H21F2NO3S/c14-13(15)7-10(8-13)20(18,19)16-9-11(3-1-4-11)12(17)5-2-6-12/h10,16-17H,1-9H2. The molecule has 116 valence electrons. The zero-order valence-electron chi connectivity index (χ0n) is 11.4. The van der Waals surface area contributed by atoms with Crippen molar-refractivity contribution in [2.24, 2.45) is 5.41 Å². The van der Waals surface area contributed by atoms with E-state index in [9.17, 15) is 22.3 Å². The molecule has 0 aromatic carbocycles. The van der Waals surface area contributed by atoms with Gasteiger partial charge in [0.2, 0.25) is 10.0 Å². The second-order valence-corrected chi connectivity index (χ2v) is 8.82. The van der Waals surface area contributed by atoms with Crippen molar-refractivity contribution < 1.29 is 22.3 Å². The van der Waals surface area contributed by atoms with Crippen LogP contribution in [0, 0.1) is 5.41 Å². The molecule has 2 N–H and O–H groups in total. The number of hydrogen-bond donors (Lipinski definition) is 2. The van der Waals surface area contributed by atoms with Crippen LogP contribution in [0.3, 0.4) is 0 Å². The largest absolute Gasteiger partial charge is 0.389 e. The van der Waals surface area contributed by atoms with Crippen molar-refractivity contribution in [3.63, 3.8) is 0 Å². The predicted molar refractivity (Wildman–Crippen MR) is 70.0 cm³/mol. The molecular weight excluding hydrogens is 288 g/mol. The summed E-state index contributed by atoms with van der Waals surface area (Å²) in [6, 6.07) is 0. The molecular formula is C13H21F2NO3S. The van der Waals surface area contributed by atoms with E-state index in [4.69, 9.17) is 0 Å². The summed E-state index contributed by atoms with van der Waals surface area (Å²) in [6.45, 7) is 0.188. The Kier molecular flexibility index (Phi) is 3.20. The van der Waals surface area contributed by atoms with E-state index in [1.807, 2.05) is 0 Å². The number of hydrogen-bond acceptors (Lipinski definition) is 3. The van der Waals surface area contributed by atoms with Crippen LogP contribution in [0.15, 0.2) is 0 Å². The van der Waals surface area contributed by atoms with Crippen molar-refractivity contribution in [3.8, 4) is 0 Å². The van der Waals surface area contributed by atoms with Gasteiger partial charge in [-0.2, -0.15) is 0 Å². The van der Waals surface area contributed by atoms with Gasteiger partial charge in [0, 0.05) is 24.8 Å². The third kappa shape index (κ3) is 2.18. The Balaban J connectivity index is 1.61. The van der Waals surface area contributed by atoms with Crippen LogP contribution < -0.4 is 4.72 Å². The van der Waals surface area contributed by atoms with Crippen LogP contribution in [0.5, 0.6) is 0 Å². The zero-order chi connectivity index (χ0) is 14.6. The molecule has 0 bridgehead atoms. The van der Waals surface area contributed by atoms with Gasteiger partial charge in [0.25, 0.3) is 5.92 Å². The van der Waals surface area contributed by atoms with Crippen molar-refractivity contribution in [2.45, 2.75) is 68.1 Å². The number of halogens is 2. The number of sulfonamides is 1. The van der Waals surface area contributed by atoms with Crippen LogP contribution in [0.2, 0.25) is 0 Å². The highest BCUT2D eigenvalue weighted by atomic mass is 32.2. The Bertz CT molecular complexity index is 490. The maximum Gasteiger partial charge on any atom is 0.250 e. The van der Waals surface area contributed by atoms with Crippen molar-refractivity contribution in [1.82, 2.24) is 4.72 Å². The smallest absolute Gasteiger partial charge is 0.250 e. The topological polar surface area (TPSA) is 66.4 Å². The van der Waals surface area contributed by atoms with Crippen molar-refractivity contribution in [2.75, 3.05) is 6.54 Å². The molecule has 0 atom stereocenters. The lowest BCUT2D eigenvalue weighted by atomic mass is 9.52. The Morgan fingerprint density at radius 1 is 1.10 bits per heavy atom. The Hall–Kier alpha value is -0.270. The maximum atomic E-state index is 12.8. The quantitative estimate of drug-likeness (QED) is 0.813. The summed E-state index contributed by atoms with van der Waals surface area (Å²) in [5.74, 6) is -2.83. The summed E-state index contributed by atoms with van der Waals surface area (Å²) in [6.07, 6.45) is 3.86. The summed E-state index contributed by atoms with van der Waals surface area (Å²) >= 11 is 0. The molecule has 4 nitrogen and oxygen atoms in total. The molecule has 7 heteroatoms. The van der Waals surface area contributed by atoms with Crippen LogP contribution in [-0.4, -0.2) is 36.8 Å². The van der Waals surface area contributed by atoms with Gasteiger partial charge in [-0.3, -0.25) is 0 Å². The molecule has 0 radical (unpaired) electrons. The van der Waals surface area contributed by atoms with Crippen LogP contribution in [0.25, 0.3) is 0 Å². The number of aliphatic hydroxyl groups is 1. The molecule has 0 heterocycles. The second-order valence-electron chi connectivity index (χ2n) is 6.77. The SMILES string of the molecule is O=S(=O)(NCC1(C2(O)CCC2)CCC1)C1CC(F)(F)C1. The second kappa shape index (κ2) is 4.36. The zero-order valence-corrected chi connectivity index (χ0v) is 12.2. The van der Waals surface area contributed by atoms with Crippen LogP contribution in [-0.2, 0) is 10.0 Å². The lowest BCUT2D eigenvalue weighted by Gasteiger charge is -2.57. The van der Waals surface area contributed by atoms with Crippen LogP contribution >= 0.6 is 0 Å². The lowest BCUT2D eigenvalue weighted by molar-refractivity contribution is -0.171. The third-order valence-corrected chi connectivity index (χ3v) is 7.34. The molecule has 0 amide bonds. The molecule has 0 aromatic heterocycles. The van der Waals surface area contributed by atoms with Gasteiger partial charge in [0.1, 0.15) is 0 Å². The summed E-state index contributed by atoms with van der Waals surface area (Å²) < 4.78 is 52.1.